The van der Waals surface area contributed by atoms with Gasteiger partial charge in [0.25, 0.3) is 0 Å². The van der Waals surface area contributed by atoms with Gasteiger partial charge in [-0.25, -0.2) is 13.2 Å². The van der Waals surface area contributed by atoms with Crippen LogP contribution in [0.2, 0.25) is 0 Å². The summed E-state index contributed by atoms with van der Waals surface area (Å²) in [5, 5.41) is 2.46. The molecular weight excluding hydrogens is 516 g/mol. The van der Waals surface area contributed by atoms with E-state index in [2.05, 4.69) is 14.8 Å². The zero-order valence-corrected chi connectivity index (χ0v) is 24.2. The van der Waals surface area contributed by atoms with Crippen LogP contribution in [0.4, 0.5) is 18.0 Å². The van der Waals surface area contributed by atoms with E-state index in [0.29, 0.717) is 6.61 Å². The number of nitrogens with one attached hydrogen (secondary N) is 1. The predicted octanol–water partition coefficient (Wildman–Crippen LogP) is 1.89. The van der Waals surface area contributed by atoms with E-state index in [4.69, 9.17) is 4.74 Å². The summed E-state index contributed by atoms with van der Waals surface area (Å²) in [6.45, 7) is 10.2. The molecule has 0 aliphatic heterocycles. The zero-order valence-electron chi connectivity index (χ0n) is 21.3. The summed E-state index contributed by atoms with van der Waals surface area (Å²) in [5.74, 6) is -1.52. The number of alkyl halides is 3. The van der Waals surface area contributed by atoms with Crippen LogP contribution in [-0.2, 0) is 24.3 Å². The molecule has 0 radical (unpaired) electrons. The van der Waals surface area contributed by atoms with Crippen molar-refractivity contribution in [2.24, 2.45) is 5.92 Å². The Balaban J connectivity index is 0. The fourth-order valence-corrected chi connectivity index (χ4v) is 2.63. The third kappa shape index (κ3) is 13.5. The third-order valence-electron chi connectivity index (χ3n) is 4.74. The monoisotopic (exact) mass is 548 g/mol. The number of esters is 1. The first-order valence-corrected chi connectivity index (χ1v) is 12.4. The van der Waals surface area contributed by atoms with Gasteiger partial charge in [0.2, 0.25) is 0 Å². The minimum absolute atomic E-state index is 0. The summed E-state index contributed by atoms with van der Waals surface area (Å²) >= 11 is 0. The molecule has 2 amide bonds. The van der Waals surface area contributed by atoms with Crippen molar-refractivity contribution < 1.29 is 75.0 Å². The molecule has 9 nitrogen and oxygen atoms in total. The molecule has 0 saturated carbocycles. The first-order chi connectivity index (χ1) is 16.2. The Kier molecular flexibility index (Phi) is 17.8. The number of carbonyl (C=O) groups excluding carboxylic acids is 3. The summed E-state index contributed by atoms with van der Waals surface area (Å²) < 4.78 is 69.6. The Labute approximate surface area is 232 Å². The molecule has 0 aromatic heterocycles. The van der Waals surface area contributed by atoms with Gasteiger partial charge in [0, 0.05) is 0 Å². The molecule has 2 atom stereocenters. The molecule has 200 valence electrons. The van der Waals surface area contributed by atoms with Crippen LogP contribution in [0.15, 0.2) is 24.3 Å². The number of carbonyl (C=O) groups is 3. The number of alkyl carbamates (subject to hydrolysis) is 1. The van der Waals surface area contributed by atoms with Gasteiger partial charge in [-0.3, -0.25) is 4.79 Å². The van der Waals surface area contributed by atoms with Gasteiger partial charge < -0.3 is 24.3 Å². The summed E-state index contributed by atoms with van der Waals surface area (Å²) in [5.41, 5.74) is -4.87. The molecule has 14 heteroatoms. The van der Waals surface area contributed by atoms with E-state index < -0.39 is 27.5 Å². The zero-order chi connectivity index (χ0) is 27.2. The summed E-state index contributed by atoms with van der Waals surface area (Å²) in [4.78, 5) is 33.4. The maximum absolute atomic E-state index is 12.1. The van der Waals surface area contributed by atoms with Crippen molar-refractivity contribution >= 4 is 28.0 Å². The number of rotatable bonds is 10. The van der Waals surface area contributed by atoms with Crippen LogP contribution < -0.4 is 34.9 Å². The Hall–Kier alpha value is -1.83. The van der Waals surface area contributed by atoms with Crippen molar-refractivity contribution in [3.05, 3.63) is 40.1 Å². The summed E-state index contributed by atoms with van der Waals surface area (Å²) in [6.07, 6.45) is 1.13. The summed E-state index contributed by atoms with van der Waals surface area (Å²) in [6, 6.07) is 5.66. The molecule has 1 N–H and O–H groups in total. The normalized spacial score (nSPS) is 12.6. The van der Waals surface area contributed by atoms with Crippen molar-refractivity contribution in [2.75, 3.05) is 19.8 Å². The fourth-order valence-electron chi connectivity index (χ4n) is 2.20. The van der Waals surface area contributed by atoms with E-state index in [1.165, 1.54) is 12.1 Å². The van der Waals surface area contributed by atoms with Crippen molar-refractivity contribution in [3.8, 4) is 0 Å². The number of sulfonamides is 1. The number of ether oxygens (including phenoxy) is 2. The van der Waals surface area contributed by atoms with Crippen molar-refractivity contribution in [2.45, 2.75) is 58.9 Å². The van der Waals surface area contributed by atoms with Crippen molar-refractivity contribution in [1.29, 1.82) is 0 Å². The molecule has 0 saturated heterocycles. The molecule has 0 heterocycles. The molecule has 36 heavy (non-hydrogen) atoms. The Bertz CT molecular complexity index is 927. The van der Waals surface area contributed by atoms with E-state index in [1.807, 2.05) is 20.8 Å². The van der Waals surface area contributed by atoms with Gasteiger partial charge in [0.15, 0.2) is 10.0 Å². The van der Waals surface area contributed by atoms with E-state index in [1.54, 1.807) is 26.0 Å². The van der Waals surface area contributed by atoms with Crippen LogP contribution in [0, 0.1) is 5.92 Å². The minimum Gasteiger partial charge on any atom is -0.534 e. The van der Waals surface area contributed by atoms with E-state index in [-0.39, 0.29) is 66.1 Å². The van der Waals surface area contributed by atoms with Gasteiger partial charge in [0.1, 0.15) is 6.61 Å². The number of benzene rings is 1. The number of amides is 2. The van der Waals surface area contributed by atoms with Crippen LogP contribution in [0.3, 0.4) is 0 Å². The molecule has 1 rings (SSSR count). The molecule has 1 aromatic rings. The van der Waals surface area contributed by atoms with E-state index >= 15 is 0 Å². The van der Waals surface area contributed by atoms with Gasteiger partial charge >= 0.3 is 47.1 Å². The molecule has 0 aliphatic rings. The SMILES string of the molecule is CCC(C)c1ccc(C(=O)[N-]S(=O)(=O)C(F)(F)F)cc1.CCOC(=O)NCCOC(=O)C(C)CC.[Na+]. The Morgan fingerprint density at radius 2 is 1.56 bits per heavy atom. The predicted molar refractivity (Wildman–Crippen MR) is 123 cm³/mol. The maximum atomic E-state index is 12.1. The maximum Gasteiger partial charge on any atom is 1.00 e. The van der Waals surface area contributed by atoms with E-state index in [9.17, 15) is 36.0 Å². The second-order valence-corrected chi connectivity index (χ2v) is 8.97. The second-order valence-electron chi connectivity index (χ2n) is 7.37. The fraction of sp³-hybridized carbons (Fsp3) is 0.591. The number of nitrogens with zero attached hydrogens (tertiary/aromatic N) is 1. The molecular formula is C22H32F3N2NaO7S. The van der Waals surface area contributed by atoms with Crippen LogP contribution >= 0.6 is 0 Å². The second kappa shape index (κ2) is 17.6. The average molecular weight is 549 g/mol. The van der Waals surface area contributed by atoms with Crippen LogP contribution in [0.1, 0.15) is 69.3 Å². The number of hydrogen-bond donors (Lipinski definition) is 1. The van der Waals surface area contributed by atoms with E-state index in [0.717, 1.165) is 18.4 Å². The quantitative estimate of drug-likeness (QED) is 0.269. The average Bonchev–Trinajstić information content (AvgIpc) is 2.80. The number of hydrogen-bond acceptors (Lipinski definition) is 7. The standard InChI is InChI=1S/C12H14F3NO3S.C10H19NO4.Na/c1-3-8(2)9-4-6-10(7-5-9)11(17)16-20(18,19)12(13,14)15;1-4-8(3)9(12)15-7-6-11-10(13)14-5-2;/h4-8H,3H2,1-2H3,(H,16,17);8H,4-7H2,1-3H3,(H,11,13);/q;;+1/p-1. The molecule has 0 fully saturated rings. The number of halogens is 3. The van der Waals surface area contributed by atoms with Crippen molar-refractivity contribution in [1.82, 2.24) is 5.32 Å². The third-order valence-corrected chi connectivity index (χ3v) is 5.73. The van der Waals surface area contributed by atoms with Crippen LogP contribution in [0.25, 0.3) is 4.72 Å². The summed E-state index contributed by atoms with van der Waals surface area (Å²) in [7, 11) is -5.80. The van der Waals surface area contributed by atoms with Gasteiger partial charge in [-0.15, -0.1) is 0 Å². The molecule has 0 aliphatic carbocycles. The minimum atomic E-state index is -5.80. The van der Waals surface area contributed by atoms with Crippen molar-refractivity contribution in [3.63, 3.8) is 0 Å². The largest absolute Gasteiger partial charge is 1.00 e. The Morgan fingerprint density at radius 3 is 2.00 bits per heavy atom. The Morgan fingerprint density at radius 1 is 1.00 bits per heavy atom. The first kappa shape index (κ1) is 36.3. The molecule has 2 unspecified atom stereocenters. The van der Waals surface area contributed by atoms with Gasteiger partial charge in [-0.2, -0.15) is 13.2 Å². The van der Waals surface area contributed by atoms with Gasteiger partial charge in [-0.05, 0) is 36.8 Å². The molecule has 0 spiro atoms. The van der Waals surface area contributed by atoms with Gasteiger partial charge in [0.05, 0.1) is 25.0 Å². The first-order valence-electron chi connectivity index (χ1n) is 11.0. The smallest absolute Gasteiger partial charge is 0.534 e. The van der Waals surface area contributed by atoms with Crippen LogP contribution in [-0.4, -0.2) is 51.7 Å². The van der Waals surface area contributed by atoms with Crippen LogP contribution in [0.5, 0.6) is 0 Å². The van der Waals surface area contributed by atoms with Gasteiger partial charge in [-0.1, -0.05) is 52.0 Å². The molecule has 0 bridgehead atoms. The molecule has 1 aromatic carbocycles. The topological polar surface area (TPSA) is 130 Å².